The number of hydrogen-bond acceptors (Lipinski definition) is 6. The third-order valence-corrected chi connectivity index (χ3v) is 5.95. The number of pyridine rings is 1. The smallest absolute Gasteiger partial charge is 0.267 e. The molecule has 7 heteroatoms. The lowest BCUT2D eigenvalue weighted by atomic mass is 9.86. The Morgan fingerprint density at radius 1 is 1.18 bits per heavy atom. The average molecular weight is 377 g/mol. The van der Waals surface area contributed by atoms with Gasteiger partial charge in [-0.05, 0) is 42.4 Å². The number of anilines is 1. The minimum atomic E-state index is -0.273. The highest BCUT2D eigenvalue weighted by Crippen LogP contribution is 2.45. The van der Waals surface area contributed by atoms with Crippen LogP contribution in [0.3, 0.4) is 0 Å². The lowest BCUT2D eigenvalue weighted by molar-refractivity contribution is -0.119. The molecule has 2 aliphatic rings. The number of carbonyl (C=O) groups is 1. The van der Waals surface area contributed by atoms with Gasteiger partial charge >= 0.3 is 0 Å². The van der Waals surface area contributed by atoms with Gasteiger partial charge in [0.25, 0.3) is 5.56 Å². The summed E-state index contributed by atoms with van der Waals surface area (Å²) in [7, 11) is 0. The van der Waals surface area contributed by atoms with Crippen LogP contribution in [-0.2, 0) is 17.8 Å². The predicted octanol–water partition coefficient (Wildman–Crippen LogP) is 2.09. The molecule has 0 N–H and O–H groups in total. The third-order valence-electron chi connectivity index (χ3n) is 5.95. The maximum absolute atomic E-state index is 12.4. The number of rotatable bonds is 5. The molecular formula is C21H23N5O2. The summed E-state index contributed by atoms with van der Waals surface area (Å²) in [5, 5.41) is 13.3. The summed E-state index contributed by atoms with van der Waals surface area (Å²) >= 11 is 0. The molecule has 0 bridgehead atoms. The molecule has 0 atom stereocenters. The average Bonchev–Trinajstić information content (AvgIpc) is 3.34. The molecule has 7 nitrogen and oxygen atoms in total. The van der Waals surface area contributed by atoms with Gasteiger partial charge in [0.1, 0.15) is 24.1 Å². The van der Waals surface area contributed by atoms with E-state index in [9.17, 15) is 9.59 Å². The van der Waals surface area contributed by atoms with E-state index in [1.54, 1.807) is 18.2 Å². The predicted molar refractivity (Wildman–Crippen MR) is 104 cm³/mol. The zero-order chi connectivity index (χ0) is 19.6. The summed E-state index contributed by atoms with van der Waals surface area (Å²) in [5.74, 6) is 0.656. The molecule has 3 heterocycles. The highest BCUT2D eigenvalue weighted by Gasteiger charge is 2.40. The van der Waals surface area contributed by atoms with Crippen LogP contribution in [0.4, 0.5) is 5.82 Å². The van der Waals surface area contributed by atoms with Gasteiger partial charge in [0.15, 0.2) is 5.78 Å². The fraction of sp³-hybridized carbons (Fsp3) is 0.476. The fourth-order valence-electron chi connectivity index (χ4n) is 4.43. The lowest BCUT2D eigenvalue weighted by Crippen LogP contribution is -2.31. The second-order valence-corrected chi connectivity index (χ2v) is 7.95. The molecule has 144 valence electrons. The first-order chi connectivity index (χ1) is 13.6. The van der Waals surface area contributed by atoms with Crippen LogP contribution in [0.5, 0.6) is 0 Å². The summed E-state index contributed by atoms with van der Waals surface area (Å²) in [6.45, 7) is 1.88. The monoisotopic (exact) mass is 377 g/mol. The highest BCUT2D eigenvalue weighted by molar-refractivity contribution is 5.80. The van der Waals surface area contributed by atoms with Crippen LogP contribution < -0.4 is 10.5 Å². The summed E-state index contributed by atoms with van der Waals surface area (Å²) in [5.41, 5.74) is 1.18. The van der Waals surface area contributed by atoms with Crippen molar-refractivity contribution >= 4 is 11.6 Å². The number of nitrogens with zero attached hydrogens (tertiary/aromatic N) is 5. The van der Waals surface area contributed by atoms with Crippen LogP contribution in [0.1, 0.15) is 43.4 Å². The third kappa shape index (κ3) is 3.81. The van der Waals surface area contributed by atoms with E-state index in [1.165, 1.54) is 49.0 Å². The zero-order valence-electron chi connectivity index (χ0n) is 15.8. The molecule has 28 heavy (non-hydrogen) atoms. The Morgan fingerprint density at radius 2 is 2.00 bits per heavy atom. The molecular weight excluding hydrogens is 354 g/mol. The highest BCUT2D eigenvalue weighted by atomic mass is 16.1. The van der Waals surface area contributed by atoms with E-state index in [0.29, 0.717) is 11.1 Å². The van der Waals surface area contributed by atoms with Gasteiger partial charge in [0.05, 0.1) is 0 Å². The Kier molecular flexibility index (Phi) is 4.95. The van der Waals surface area contributed by atoms with E-state index < -0.39 is 0 Å². The molecule has 2 fully saturated rings. The summed E-state index contributed by atoms with van der Waals surface area (Å²) in [6.07, 6.45) is 8.02. The first-order valence-electron chi connectivity index (χ1n) is 9.77. The number of carbonyl (C=O) groups excluding carboxylic acids is 1. The van der Waals surface area contributed by atoms with Crippen molar-refractivity contribution in [3.05, 3.63) is 52.1 Å². The number of nitriles is 1. The number of hydrogen-bond donors (Lipinski definition) is 0. The molecule has 1 saturated carbocycles. The van der Waals surface area contributed by atoms with Gasteiger partial charge in [-0.25, -0.2) is 9.67 Å². The van der Waals surface area contributed by atoms with Crippen LogP contribution in [0.25, 0.3) is 0 Å². The van der Waals surface area contributed by atoms with Crippen LogP contribution in [0, 0.1) is 16.7 Å². The van der Waals surface area contributed by atoms with Gasteiger partial charge in [0, 0.05) is 31.8 Å². The van der Waals surface area contributed by atoms with Gasteiger partial charge < -0.3 is 4.90 Å². The first-order valence-corrected chi connectivity index (χ1v) is 9.77. The van der Waals surface area contributed by atoms with Crippen molar-refractivity contribution in [3.63, 3.8) is 0 Å². The Morgan fingerprint density at radius 3 is 2.71 bits per heavy atom. The van der Waals surface area contributed by atoms with Crippen molar-refractivity contribution in [2.75, 3.05) is 18.0 Å². The van der Waals surface area contributed by atoms with Crippen LogP contribution in [0.15, 0.2) is 35.3 Å². The molecule has 0 radical (unpaired) electrons. The second kappa shape index (κ2) is 7.55. The Hall–Kier alpha value is -3.01. The van der Waals surface area contributed by atoms with Gasteiger partial charge in [-0.1, -0.05) is 18.9 Å². The van der Waals surface area contributed by atoms with Crippen LogP contribution in [-0.4, -0.2) is 33.6 Å². The standard InChI is InChI=1S/C21H23N5O2/c22-12-17-4-3-16(13-23-17)11-18(27)14-26-20(28)6-5-19(24-26)25-10-9-21(15-25)7-1-2-8-21/h3-6,13H,1-2,7-11,14-15H2. The van der Waals surface area contributed by atoms with Crippen molar-refractivity contribution < 1.29 is 4.79 Å². The summed E-state index contributed by atoms with van der Waals surface area (Å²) in [4.78, 5) is 30.8. The fourth-order valence-corrected chi connectivity index (χ4v) is 4.43. The van der Waals surface area contributed by atoms with Gasteiger partial charge in [0.2, 0.25) is 0 Å². The molecule has 1 saturated heterocycles. The Bertz CT molecular complexity index is 968. The molecule has 0 amide bonds. The van der Waals surface area contributed by atoms with E-state index in [0.717, 1.165) is 24.5 Å². The number of ketones is 1. The Balaban J connectivity index is 1.44. The van der Waals surface area contributed by atoms with Gasteiger partial charge in [-0.2, -0.15) is 10.4 Å². The summed E-state index contributed by atoms with van der Waals surface area (Å²) < 4.78 is 1.26. The normalized spacial score (nSPS) is 17.8. The van der Waals surface area contributed by atoms with Crippen molar-refractivity contribution in [1.29, 1.82) is 5.26 Å². The molecule has 1 spiro atoms. The van der Waals surface area contributed by atoms with Crippen molar-refractivity contribution in [1.82, 2.24) is 14.8 Å². The van der Waals surface area contributed by atoms with Gasteiger partial charge in [-0.15, -0.1) is 0 Å². The minimum absolute atomic E-state index is 0.0638. The SMILES string of the molecule is N#Cc1ccc(CC(=O)Cn2nc(N3CCC4(CCCC4)C3)ccc2=O)cn1. The van der Waals surface area contributed by atoms with E-state index in [1.807, 2.05) is 6.07 Å². The van der Waals surface area contributed by atoms with E-state index >= 15 is 0 Å². The number of aromatic nitrogens is 3. The topological polar surface area (TPSA) is 91.9 Å². The zero-order valence-corrected chi connectivity index (χ0v) is 15.8. The molecule has 2 aromatic heterocycles. The molecule has 0 aromatic carbocycles. The molecule has 4 rings (SSSR count). The van der Waals surface area contributed by atoms with E-state index in [-0.39, 0.29) is 24.3 Å². The minimum Gasteiger partial charge on any atom is -0.355 e. The molecule has 2 aromatic rings. The van der Waals surface area contributed by atoms with E-state index in [4.69, 9.17) is 5.26 Å². The van der Waals surface area contributed by atoms with Crippen LogP contribution in [0.2, 0.25) is 0 Å². The van der Waals surface area contributed by atoms with Crippen LogP contribution >= 0.6 is 0 Å². The second-order valence-electron chi connectivity index (χ2n) is 7.95. The maximum atomic E-state index is 12.4. The molecule has 1 aliphatic carbocycles. The van der Waals surface area contributed by atoms with E-state index in [2.05, 4.69) is 15.0 Å². The maximum Gasteiger partial charge on any atom is 0.267 e. The van der Waals surface area contributed by atoms with Crippen molar-refractivity contribution in [3.8, 4) is 6.07 Å². The van der Waals surface area contributed by atoms with Gasteiger partial charge in [-0.3, -0.25) is 9.59 Å². The molecule has 1 aliphatic heterocycles. The largest absolute Gasteiger partial charge is 0.355 e. The molecule has 0 unspecified atom stereocenters. The number of Topliss-reactive ketones (excluding diaryl/α,β-unsaturated/α-hetero) is 1. The quantitative estimate of drug-likeness (QED) is 0.792. The summed E-state index contributed by atoms with van der Waals surface area (Å²) in [6, 6.07) is 8.51. The Labute approximate surface area is 163 Å². The van der Waals surface area contributed by atoms with Crippen molar-refractivity contribution in [2.24, 2.45) is 5.41 Å². The lowest BCUT2D eigenvalue weighted by Gasteiger charge is -2.24. The van der Waals surface area contributed by atoms with Crippen molar-refractivity contribution in [2.45, 2.75) is 45.1 Å². The first kappa shape index (κ1) is 18.4.